The average Bonchev–Trinajstić information content (AvgIpc) is 2.98. The van der Waals surface area contributed by atoms with Gasteiger partial charge in [-0.3, -0.25) is 4.79 Å². The number of ether oxygens (including phenoxy) is 2. The monoisotopic (exact) mass is 564 g/mol. The molecular formula is C33H28N2O7. The van der Waals surface area contributed by atoms with Crippen molar-refractivity contribution in [2.45, 2.75) is 24.9 Å². The van der Waals surface area contributed by atoms with E-state index in [4.69, 9.17) is 25.4 Å². The molecule has 0 fully saturated rings. The fourth-order valence-corrected chi connectivity index (χ4v) is 4.45. The van der Waals surface area contributed by atoms with E-state index in [-0.39, 0.29) is 34.5 Å². The molecule has 0 aliphatic rings. The molecule has 0 unspecified atom stereocenters. The van der Waals surface area contributed by atoms with Crippen molar-refractivity contribution in [2.75, 3.05) is 0 Å². The van der Waals surface area contributed by atoms with Crippen molar-refractivity contribution in [2.24, 2.45) is 11.5 Å². The van der Waals surface area contributed by atoms with E-state index in [1.807, 2.05) is 60.7 Å². The Morgan fingerprint density at radius 2 is 1.26 bits per heavy atom. The average molecular weight is 565 g/mol. The van der Waals surface area contributed by atoms with Gasteiger partial charge in [-0.2, -0.15) is 0 Å². The van der Waals surface area contributed by atoms with Crippen molar-refractivity contribution in [1.29, 1.82) is 0 Å². The molecule has 1 heterocycles. The number of benzene rings is 4. The van der Waals surface area contributed by atoms with Gasteiger partial charge >= 0.3 is 11.9 Å². The third-order valence-corrected chi connectivity index (χ3v) is 6.63. The largest absolute Gasteiger partial charge is 0.507 e. The van der Waals surface area contributed by atoms with Crippen molar-refractivity contribution in [3.05, 3.63) is 125 Å². The predicted molar refractivity (Wildman–Crippen MR) is 157 cm³/mol. The van der Waals surface area contributed by atoms with Crippen LogP contribution in [0.5, 0.6) is 17.2 Å². The Morgan fingerprint density at radius 1 is 0.738 bits per heavy atom. The Labute approximate surface area is 240 Å². The second-order valence-corrected chi connectivity index (χ2v) is 9.75. The molecule has 5 aromatic rings. The summed E-state index contributed by atoms with van der Waals surface area (Å²) < 4.78 is 16.4. The molecule has 0 aliphatic heterocycles. The summed E-state index contributed by atoms with van der Waals surface area (Å²) in [6.07, 6.45) is 1.85. The van der Waals surface area contributed by atoms with Gasteiger partial charge < -0.3 is 30.5 Å². The minimum Gasteiger partial charge on any atom is -0.507 e. The van der Waals surface area contributed by atoms with Crippen LogP contribution < -0.4 is 26.4 Å². The number of carbonyl (C=O) groups excluding carboxylic acids is 2. The van der Waals surface area contributed by atoms with Crippen LogP contribution >= 0.6 is 0 Å². The van der Waals surface area contributed by atoms with Gasteiger partial charge in [0.15, 0.2) is 0 Å². The fraction of sp³-hybridized carbons (Fsp3) is 0.121. The van der Waals surface area contributed by atoms with Crippen molar-refractivity contribution in [3.63, 3.8) is 0 Å². The molecule has 0 radical (unpaired) electrons. The lowest BCUT2D eigenvalue weighted by molar-refractivity contribution is -0.136. The van der Waals surface area contributed by atoms with Gasteiger partial charge in [0, 0.05) is 12.1 Å². The number of rotatable bonds is 9. The first-order chi connectivity index (χ1) is 20.3. The van der Waals surface area contributed by atoms with E-state index in [0.29, 0.717) is 12.0 Å². The van der Waals surface area contributed by atoms with Gasteiger partial charge in [0.2, 0.25) is 5.43 Å². The maximum absolute atomic E-state index is 13.3. The molecule has 1 aromatic heterocycles. The first-order valence-electron chi connectivity index (χ1n) is 13.2. The van der Waals surface area contributed by atoms with Crippen molar-refractivity contribution < 1.29 is 28.6 Å². The number of esters is 2. The number of fused-ring (bicyclic) bond motifs is 1. The van der Waals surface area contributed by atoms with E-state index in [1.165, 1.54) is 24.5 Å². The topological polar surface area (TPSA) is 155 Å². The predicted octanol–water partition coefficient (Wildman–Crippen LogP) is 4.12. The zero-order chi connectivity index (χ0) is 29.6. The van der Waals surface area contributed by atoms with Crippen LogP contribution in [-0.2, 0) is 22.4 Å². The van der Waals surface area contributed by atoms with Crippen LogP contribution in [-0.4, -0.2) is 29.1 Å². The van der Waals surface area contributed by atoms with E-state index in [2.05, 4.69) is 0 Å². The van der Waals surface area contributed by atoms with Gasteiger partial charge in [-0.15, -0.1) is 0 Å². The van der Waals surface area contributed by atoms with Gasteiger partial charge in [0.05, 0.1) is 5.56 Å². The summed E-state index contributed by atoms with van der Waals surface area (Å²) in [6, 6.07) is 25.6. The Bertz CT molecular complexity index is 1770. The van der Waals surface area contributed by atoms with E-state index in [1.54, 1.807) is 12.1 Å². The third kappa shape index (κ3) is 6.55. The third-order valence-electron chi connectivity index (χ3n) is 6.63. The molecule has 5 N–H and O–H groups in total. The molecule has 5 rings (SSSR count). The van der Waals surface area contributed by atoms with Gasteiger partial charge in [-0.25, -0.2) is 9.59 Å². The zero-order valence-electron chi connectivity index (χ0n) is 22.4. The normalized spacial score (nSPS) is 12.4. The van der Waals surface area contributed by atoms with E-state index < -0.39 is 35.2 Å². The Morgan fingerprint density at radius 3 is 1.81 bits per heavy atom. The standard InChI is InChI=1S/C33H28N2O7/c34-26(15-20-7-3-1-4-8-20)32(38)41-23-13-11-22(12-14-23)25-19-40-29-18-24(17-28(36)30(29)31(25)37)42-33(39)27(35)16-21-9-5-2-6-10-21/h1-14,17-19,26-27,36H,15-16,34-35H2/t26-,27-/m1/s1. The van der Waals surface area contributed by atoms with Gasteiger partial charge in [-0.1, -0.05) is 72.8 Å². The van der Waals surface area contributed by atoms with Crippen LogP contribution in [0, 0.1) is 0 Å². The fourth-order valence-electron chi connectivity index (χ4n) is 4.45. The first kappa shape index (κ1) is 28.3. The maximum Gasteiger partial charge on any atom is 0.328 e. The summed E-state index contributed by atoms with van der Waals surface area (Å²) >= 11 is 0. The van der Waals surface area contributed by atoms with Gasteiger partial charge in [-0.05, 0) is 41.7 Å². The van der Waals surface area contributed by atoms with Gasteiger partial charge in [0.1, 0.15) is 46.6 Å². The lowest BCUT2D eigenvalue weighted by Crippen LogP contribution is -2.36. The number of carbonyl (C=O) groups is 2. The molecule has 0 amide bonds. The molecule has 2 atom stereocenters. The van der Waals surface area contributed by atoms with E-state index in [0.717, 1.165) is 17.2 Å². The summed E-state index contributed by atoms with van der Waals surface area (Å²) in [7, 11) is 0. The van der Waals surface area contributed by atoms with Crippen LogP contribution in [0.3, 0.4) is 0 Å². The molecule has 0 saturated heterocycles. The molecule has 0 spiro atoms. The highest BCUT2D eigenvalue weighted by Gasteiger charge is 2.20. The molecule has 42 heavy (non-hydrogen) atoms. The first-order valence-corrected chi connectivity index (χ1v) is 13.2. The molecule has 9 heteroatoms. The number of phenols is 1. The number of nitrogens with two attached hydrogens (primary N) is 2. The lowest BCUT2D eigenvalue weighted by atomic mass is 10.0. The van der Waals surface area contributed by atoms with Crippen molar-refractivity contribution in [3.8, 4) is 28.4 Å². The molecule has 0 saturated carbocycles. The number of hydrogen-bond acceptors (Lipinski definition) is 9. The summed E-state index contributed by atoms with van der Waals surface area (Å²) in [4.78, 5) is 38.2. The molecular weight excluding hydrogens is 536 g/mol. The van der Waals surface area contributed by atoms with Crippen LogP contribution in [0.25, 0.3) is 22.1 Å². The number of phenolic OH excluding ortho intramolecular Hbond substituents is 1. The highest BCUT2D eigenvalue weighted by molar-refractivity contribution is 5.89. The highest BCUT2D eigenvalue weighted by Crippen LogP contribution is 2.31. The molecule has 9 nitrogen and oxygen atoms in total. The second kappa shape index (κ2) is 12.5. The summed E-state index contributed by atoms with van der Waals surface area (Å²) in [5.41, 5.74) is 14.0. The minimum atomic E-state index is -0.929. The highest BCUT2D eigenvalue weighted by atomic mass is 16.5. The number of hydrogen-bond donors (Lipinski definition) is 3. The van der Waals surface area contributed by atoms with Gasteiger partial charge in [0.25, 0.3) is 0 Å². The maximum atomic E-state index is 13.3. The lowest BCUT2D eigenvalue weighted by Gasteiger charge is -2.13. The molecule has 4 aromatic carbocycles. The number of aromatic hydroxyl groups is 1. The minimum absolute atomic E-state index is 0.0129. The zero-order valence-corrected chi connectivity index (χ0v) is 22.4. The Hall–Kier alpha value is -5.25. The van der Waals surface area contributed by atoms with Crippen LogP contribution in [0.4, 0.5) is 0 Å². The van der Waals surface area contributed by atoms with E-state index >= 15 is 0 Å². The van der Waals surface area contributed by atoms with Crippen molar-refractivity contribution in [1.82, 2.24) is 0 Å². The van der Waals surface area contributed by atoms with E-state index in [9.17, 15) is 19.5 Å². The second-order valence-electron chi connectivity index (χ2n) is 9.75. The SMILES string of the molecule is N[C@H](Cc1ccccc1)C(=O)Oc1ccc(-c2coc3cc(OC(=O)[C@H](N)Cc4ccccc4)cc(O)c3c2=O)cc1. The van der Waals surface area contributed by atoms with Crippen LogP contribution in [0.15, 0.2) is 113 Å². The molecule has 0 bridgehead atoms. The molecule has 212 valence electrons. The summed E-state index contributed by atoms with van der Waals surface area (Å²) in [6.45, 7) is 0. The van der Waals surface area contributed by atoms with Crippen molar-refractivity contribution >= 4 is 22.9 Å². The Balaban J connectivity index is 1.28. The van der Waals surface area contributed by atoms with Crippen LogP contribution in [0.2, 0.25) is 0 Å². The summed E-state index contributed by atoms with van der Waals surface area (Å²) in [5, 5.41) is 10.6. The summed E-state index contributed by atoms with van der Waals surface area (Å²) in [5.74, 6) is -1.45. The quantitative estimate of drug-likeness (QED) is 0.177. The van der Waals surface area contributed by atoms with Crippen LogP contribution in [0.1, 0.15) is 11.1 Å². The molecule has 0 aliphatic carbocycles. The Kier molecular flexibility index (Phi) is 8.42. The smallest absolute Gasteiger partial charge is 0.328 e.